The maximum atomic E-state index is 11.7. The number of hydrogen-bond donors (Lipinski definition) is 0. The quantitative estimate of drug-likeness (QED) is 0.513. The summed E-state index contributed by atoms with van der Waals surface area (Å²) < 4.78 is 0. The van der Waals surface area contributed by atoms with Crippen molar-refractivity contribution in [3.63, 3.8) is 0 Å². The summed E-state index contributed by atoms with van der Waals surface area (Å²) in [5.74, 6) is 0.223. The minimum atomic E-state index is 0.223. The minimum absolute atomic E-state index is 0.223. The molecule has 0 unspecified atom stereocenters. The van der Waals surface area contributed by atoms with E-state index in [9.17, 15) is 4.79 Å². The fraction of sp³-hybridized carbons (Fsp3) is 0.429. The van der Waals surface area contributed by atoms with Gasteiger partial charge in [-0.1, -0.05) is 43.2 Å². The summed E-state index contributed by atoms with van der Waals surface area (Å²) in [5, 5.41) is 8.36. The molecule has 2 nitrogen and oxygen atoms in total. The van der Waals surface area contributed by atoms with E-state index in [-0.39, 0.29) is 5.78 Å². The van der Waals surface area contributed by atoms with E-state index in [1.54, 1.807) is 0 Å². The molecule has 0 aliphatic rings. The zero-order valence-corrected chi connectivity index (χ0v) is 9.48. The Bertz CT molecular complexity index is 351. The minimum Gasteiger partial charge on any atom is -0.294 e. The molecular formula is C14H17NO. The number of Topliss-reactive ketones (excluding diaryl/α,β-unsaturated/α-hetero) is 1. The maximum Gasteiger partial charge on any atom is 0.162 e. The van der Waals surface area contributed by atoms with Gasteiger partial charge in [0.05, 0.1) is 6.07 Å². The first-order valence-corrected chi connectivity index (χ1v) is 5.80. The fourth-order valence-corrected chi connectivity index (χ4v) is 1.61. The van der Waals surface area contributed by atoms with Crippen LogP contribution in [0.15, 0.2) is 30.3 Å². The highest BCUT2D eigenvalue weighted by Crippen LogP contribution is 2.09. The molecule has 0 atom stereocenters. The van der Waals surface area contributed by atoms with Crippen molar-refractivity contribution in [2.75, 3.05) is 0 Å². The van der Waals surface area contributed by atoms with Gasteiger partial charge in [-0.2, -0.15) is 5.26 Å². The highest BCUT2D eigenvalue weighted by Gasteiger charge is 2.03. The van der Waals surface area contributed by atoms with E-state index in [0.717, 1.165) is 31.2 Å². The van der Waals surface area contributed by atoms with E-state index >= 15 is 0 Å². The van der Waals surface area contributed by atoms with Gasteiger partial charge < -0.3 is 0 Å². The van der Waals surface area contributed by atoms with Crippen LogP contribution in [0.4, 0.5) is 0 Å². The number of carbonyl (C=O) groups is 1. The molecule has 2 heteroatoms. The van der Waals surface area contributed by atoms with E-state index in [1.807, 2.05) is 30.3 Å². The SMILES string of the molecule is N#CCCCCCCC(=O)c1ccccc1. The van der Waals surface area contributed by atoms with Crippen LogP contribution in [0.1, 0.15) is 48.9 Å². The molecule has 0 N–H and O–H groups in total. The van der Waals surface area contributed by atoms with Crippen molar-refractivity contribution in [3.8, 4) is 6.07 Å². The average molecular weight is 215 g/mol. The lowest BCUT2D eigenvalue weighted by Gasteiger charge is -2.00. The van der Waals surface area contributed by atoms with E-state index in [4.69, 9.17) is 5.26 Å². The Kier molecular flexibility index (Phi) is 5.95. The predicted octanol–water partition coefficient (Wildman–Crippen LogP) is 3.73. The van der Waals surface area contributed by atoms with Gasteiger partial charge in [0.25, 0.3) is 0 Å². The number of benzene rings is 1. The molecular weight excluding hydrogens is 198 g/mol. The summed E-state index contributed by atoms with van der Waals surface area (Å²) in [6.07, 6.45) is 5.23. The van der Waals surface area contributed by atoms with E-state index in [0.29, 0.717) is 12.8 Å². The number of nitriles is 1. The molecule has 0 aromatic heterocycles. The van der Waals surface area contributed by atoms with Crippen LogP contribution in [0, 0.1) is 11.3 Å². The summed E-state index contributed by atoms with van der Waals surface area (Å²) in [5.41, 5.74) is 0.805. The number of rotatable bonds is 7. The molecule has 0 fully saturated rings. The molecule has 0 spiro atoms. The molecule has 0 aliphatic carbocycles. The molecule has 0 radical (unpaired) electrons. The van der Waals surface area contributed by atoms with Crippen LogP contribution >= 0.6 is 0 Å². The molecule has 1 aromatic rings. The lowest BCUT2D eigenvalue weighted by molar-refractivity contribution is 0.0979. The van der Waals surface area contributed by atoms with Crippen LogP contribution in [0.25, 0.3) is 0 Å². The van der Waals surface area contributed by atoms with Crippen LogP contribution in [0.2, 0.25) is 0 Å². The summed E-state index contributed by atoms with van der Waals surface area (Å²) >= 11 is 0. The molecule has 1 rings (SSSR count). The van der Waals surface area contributed by atoms with E-state index in [1.165, 1.54) is 0 Å². The molecule has 16 heavy (non-hydrogen) atoms. The van der Waals surface area contributed by atoms with Crippen molar-refractivity contribution >= 4 is 5.78 Å². The van der Waals surface area contributed by atoms with Crippen molar-refractivity contribution in [3.05, 3.63) is 35.9 Å². The largest absolute Gasteiger partial charge is 0.294 e. The highest BCUT2D eigenvalue weighted by atomic mass is 16.1. The predicted molar refractivity (Wildman–Crippen MR) is 64.1 cm³/mol. The monoisotopic (exact) mass is 215 g/mol. The second kappa shape index (κ2) is 7.64. The third-order valence-electron chi connectivity index (χ3n) is 2.54. The molecule has 0 saturated carbocycles. The van der Waals surface area contributed by atoms with Crippen LogP contribution in [0.3, 0.4) is 0 Å². The Morgan fingerprint density at radius 3 is 2.44 bits per heavy atom. The molecule has 0 amide bonds. The summed E-state index contributed by atoms with van der Waals surface area (Å²) in [4.78, 5) is 11.7. The number of unbranched alkanes of at least 4 members (excludes halogenated alkanes) is 4. The van der Waals surface area contributed by atoms with Gasteiger partial charge in [0.2, 0.25) is 0 Å². The Balaban J connectivity index is 2.15. The number of carbonyl (C=O) groups excluding carboxylic acids is 1. The first kappa shape index (κ1) is 12.4. The Labute approximate surface area is 96.9 Å². The second-order valence-electron chi connectivity index (χ2n) is 3.86. The first-order valence-electron chi connectivity index (χ1n) is 5.80. The number of hydrogen-bond acceptors (Lipinski definition) is 2. The second-order valence-corrected chi connectivity index (χ2v) is 3.86. The van der Waals surface area contributed by atoms with Gasteiger partial charge in [-0.25, -0.2) is 0 Å². The van der Waals surface area contributed by atoms with E-state index < -0.39 is 0 Å². The normalized spacial score (nSPS) is 9.69. The van der Waals surface area contributed by atoms with Crippen molar-refractivity contribution in [2.24, 2.45) is 0 Å². The van der Waals surface area contributed by atoms with Gasteiger partial charge in [-0.15, -0.1) is 0 Å². The van der Waals surface area contributed by atoms with Gasteiger partial charge in [-0.3, -0.25) is 4.79 Å². The third kappa shape index (κ3) is 4.75. The van der Waals surface area contributed by atoms with Crippen LogP contribution in [0.5, 0.6) is 0 Å². The Morgan fingerprint density at radius 2 is 1.75 bits per heavy atom. The van der Waals surface area contributed by atoms with Gasteiger partial charge in [0.15, 0.2) is 5.78 Å². The van der Waals surface area contributed by atoms with E-state index in [2.05, 4.69) is 6.07 Å². The van der Waals surface area contributed by atoms with Crippen molar-refractivity contribution in [2.45, 2.75) is 38.5 Å². The Morgan fingerprint density at radius 1 is 1.06 bits per heavy atom. The fourth-order valence-electron chi connectivity index (χ4n) is 1.61. The summed E-state index contributed by atoms with van der Waals surface area (Å²) in [6.45, 7) is 0. The van der Waals surface area contributed by atoms with Crippen LogP contribution in [-0.4, -0.2) is 5.78 Å². The molecule has 84 valence electrons. The van der Waals surface area contributed by atoms with Gasteiger partial charge in [-0.05, 0) is 12.8 Å². The standard InChI is InChI=1S/C14H17NO/c15-12-8-3-1-2-7-11-14(16)13-9-5-4-6-10-13/h4-6,9-10H,1-3,7-8,11H2. The first-order chi connectivity index (χ1) is 7.84. The van der Waals surface area contributed by atoms with Gasteiger partial charge in [0.1, 0.15) is 0 Å². The lowest BCUT2D eigenvalue weighted by atomic mass is 10.0. The van der Waals surface area contributed by atoms with Crippen LogP contribution in [-0.2, 0) is 0 Å². The number of nitrogens with zero attached hydrogens (tertiary/aromatic N) is 1. The highest BCUT2D eigenvalue weighted by molar-refractivity contribution is 5.95. The molecule has 0 aliphatic heterocycles. The smallest absolute Gasteiger partial charge is 0.162 e. The lowest BCUT2D eigenvalue weighted by Crippen LogP contribution is -1.98. The van der Waals surface area contributed by atoms with Crippen LogP contribution < -0.4 is 0 Å². The zero-order valence-electron chi connectivity index (χ0n) is 9.48. The van der Waals surface area contributed by atoms with Crippen molar-refractivity contribution < 1.29 is 4.79 Å². The molecule has 0 heterocycles. The molecule has 0 bridgehead atoms. The number of ketones is 1. The summed E-state index contributed by atoms with van der Waals surface area (Å²) in [6, 6.07) is 11.5. The Hall–Kier alpha value is -1.62. The van der Waals surface area contributed by atoms with Crippen molar-refractivity contribution in [1.29, 1.82) is 5.26 Å². The topological polar surface area (TPSA) is 40.9 Å². The zero-order chi connectivity index (χ0) is 11.6. The van der Waals surface area contributed by atoms with Crippen molar-refractivity contribution in [1.82, 2.24) is 0 Å². The van der Waals surface area contributed by atoms with Gasteiger partial charge in [0, 0.05) is 18.4 Å². The summed E-state index contributed by atoms with van der Waals surface area (Å²) in [7, 11) is 0. The maximum absolute atomic E-state index is 11.7. The average Bonchev–Trinajstić information content (AvgIpc) is 2.34. The molecule has 0 saturated heterocycles. The van der Waals surface area contributed by atoms with Gasteiger partial charge >= 0.3 is 0 Å². The molecule has 1 aromatic carbocycles. The third-order valence-corrected chi connectivity index (χ3v) is 2.54.